The summed E-state index contributed by atoms with van der Waals surface area (Å²) in [7, 11) is 2.21. The average molecular weight is 316 g/mol. The van der Waals surface area contributed by atoms with Crippen molar-refractivity contribution in [1.82, 2.24) is 14.3 Å². The molecule has 5 nitrogen and oxygen atoms in total. The second-order valence-corrected chi connectivity index (χ2v) is 6.87. The summed E-state index contributed by atoms with van der Waals surface area (Å²) in [6.07, 6.45) is 1.10. The summed E-state index contributed by atoms with van der Waals surface area (Å²) in [4.78, 5) is 9.59. The number of aromatic nitrogens is 2. The standard InChI is InChI=1S/C16H20N4OS/c1-19-8-9-20(11-16(19)7-10-21-12-16)15-17-14(18-22-15)13-5-3-2-4-6-13/h2-6H,7-12H2,1H3/t16-/m1/s1. The minimum absolute atomic E-state index is 0.150. The number of rotatable bonds is 2. The Morgan fingerprint density at radius 1 is 1.23 bits per heavy atom. The lowest BCUT2D eigenvalue weighted by molar-refractivity contribution is 0.0778. The topological polar surface area (TPSA) is 41.5 Å². The second-order valence-electron chi connectivity index (χ2n) is 6.14. The first-order chi connectivity index (χ1) is 10.8. The molecule has 2 saturated heterocycles. The molecule has 3 heterocycles. The highest BCUT2D eigenvalue weighted by Crippen LogP contribution is 2.33. The second kappa shape index (κ2) is 5.61. The van der Waals surface area contributed by atoms with E-state index in [-0.39, 0.29) is 5.54 Å². The molecular formula is C16H20N4OS. The van der Waals surface area contributed by atoms with E-state index in [1.165, 1.54) is 11.5 Å². The largest absolute Gasteiger partial charge is 0.379 e. The van der Waals surface area contributed by atoms with Crippen LogP contribution in [0, 0.1) is 0 Å². The minimum Gasteiger partial charge on any atom is -0.379 e. The Labute approximate surface area is 134 Å². The molecule has 1 aromatic heterocycles. The number of piperazine rings is 1. The maximum Gasteiger partial charge on any atom is 0.205 e. The number of benzene rings is 1. The molecule has 0 bridgehead atoms. The van der Waals surface area contributed by atoms with Crippen LogP contribution < -0.4 is 4.90 Å². The van der Waals surface area contributed by atoms with Crippen LogP contribution in [0.2, 0.25) is 0 Å². The third-order valence-corrected chi connectivity index (χ3v) is 5.58. The number of hydrogen-bond acceptors (Lipinski definition) is 6. The Morgan fingerprint density at radius 2 is 2.09 bits per heavy atom. The van der Waals surface area contributed by atoms with Gasteiger partial charge >= 0.3 is 0 Å². The molecule has 0 N–H and O–H groups in total. The molecule has 1 aromatic carbocycles. The van der Waals surface area contributed by atoms with Crippen molar-refractivity contribution < 1.29 is 4.74 Å². The molecule has 2 aromatic rings. The van der Waals surface area contributed by atoms with Gasteiger partial charge in [-0.15, -0.1) is 0 Å². The number of nitrogens with zero attached hydrogens (tertiary/aromatic N) is 4. The van der Waals surface area contributed by atoms with E-state index in [9.17, 15) is 0 Å². The van der Waals surface area contributed by atoms with E-state index in [4.69, 9.17) is 9.72 Å². The molecule has 0 aliphatic carbocycles. The molecule has 4 rings (SSSR count). The van der Waals surface area contributed by atoms with E-state index in [0.29, 0.717) is 0 Å². The molecule has 1 spiro atoms. The summed E-state index contributed by atoms with van der Waals surface area (Å²) in [5.41, 5.74) is 1.23. The molecule has 0 saturated carbocycles. The summed E-state index contributed by atoms with van der Waals surface area (Å²) in [5, 5.41) is 1.03. The van der Waals surface area contributed by atoms with Crippen LogP contribution in [0.15, 0.2) is 30.3 Å². The fourth-order valence-corrected chi connectivity index (χ4v) is 4.01. The Morgan fingerprint density at radius 3 is 2.86 bits per heavy atom. The third-order valence-electron chi connectivity index (χ3n) is 4.80. The van der Waals surface area contributed by atoms with Crippen molar-refractivity contribution in [2.75, 3.05) is 44.8 Å². The van der Waals surface area contributed by atoms with E-state index in [1.807, 2.05) is 18.2 Å². The van der Waals surface area contributed by atoms with Gasteiger partial charge in [0, 0.05) is 43.3 Å². The van der Waals surface area contributed by atoms with Gasteiger partial charge < -0.3 is 9.64 Å². The average Bonchev–Trinajstić information content (AvgIpc) is 3.21. The Hall–Kier alpha value is -1.50. The van der Waals surface area contributed by atoms with Crippen LogP contribution in [0.3, 0.4) is 0 Å². The molecule has 6 heteroatoms. The molecule has 116 valence electrons. The summed E-state index contributed by atoms with van der Waals surface area (Å²) < 4.78 is 10.2. The van der Waals surface area contributed by atoms with Crippen molar-refractivity contribution in [2.24, 2.45) is 0 Å². The van der Waals surface area contributed by atoms with Crippen molar-refractivity contribution in [3.8, 4) is 11.4 Å². The SMILES string of the molecule is CN1CCN(c2nc(-c3ccccc3)ns2)C[C@@]12CCOC2. The fourth-order valence-electron chi connectivity index (χ4n) is 3.30. The summed E-state index contributed by atoms with van der Waals surface area (Å²) in [5.74, 6) is 0.830. The van der Waals surface area contributed by atoms with Crippen molar-refractivity contribution in [3.63, 3.8) is 0 Å². The maximum absolute atomic E-state index is 5.67. The van der Waals surface area contributed by atoms with Gasteiger partial charge in [-0.05, 0) is 13.5 Å². The first-order valence-electron chi connectivity index (χ1n) is 7.70. The molecule has 22 heavy (non-hydrogen) atoms. The van der Waals surface area contributed by atoms with Crippen LogP contribution in [-0.2, 0) is 4.74 Å². The van der Waals surface area contributed by atoms with Gasteiger partial charge in [-0.3, -0.25) is 4.90 Å². The van der Waals surface area contributed by atoms with Crippen molar-refractivity contribution in [3.05, 3.63) is 30.3 Å². The van der Waals surface area contributed by atoms with E-state index >= 15 is 0 Å². The minimum atomic E-state index is 0.150. The smallest absolute Gasteiger partial charge is 0.205 e. The fraction of sp³-hybridized carbons (Fsp3) is 0.500. The quantitative estimate of drug-likeness (QED) is 0.849. The van der Waals surface area contributed by atoms with Crippen molar-refractivity contribution >= 4 is 16.7 Å². The lowest BCUT2D eigenvalue weighted by Crippen LogP contribution is -2.61. The van der Waals surface area contributed by atoms with Crippen LogP contribution in [0.1, 0.15) is 6.42 Å². The first kappa shape index (κ1) is 14.1. The van der Waals surface area contributed by atoms with Gasteiger partial charge in [-0.25, -0.2) is 0 Å². The molecule has 2 fully saturated rings. The van der Waals surface area contributed by atoms with E-state index in [1.54, 1.807) is 0 Å². The monoisotopic (exact) mass is 316 g/mol. The molecular weight excluding hydrogens is 296 g/mol. The Bertz CT molecular complexity index is 639. The van der Waals surface area contributed by atoms with Gasteiger partial charge in [0.25, 0.3) is 0 Å². The van der Waals surface area contributed by atoms with Crippen molar-refractivity contribution in [1.29, 1.82) is 0 Å². The summed E-state index contributed by atoms with van der Waals surface area (Å²) in [6.45, 7) is 4.71. The van der Waals surface area contributed by atoms with Gasteiger partial charge in [0.2, 0.25) is 5.13 Å². The predicted molar refractivity (Wildman–Crippen MR) is 88.4 cm³/mol. The highest BCUT2D eigenvalue weighted by atomic mass is 32.1. The maximum atomic E-state index is 5.67. The van der Waals surface area contributed by atoms with Crippen LogP contribution in [0.4, 0.5) is 5.13 Å². The number of likely N-dealkylation sites (N-methyl/N-ethyl adjacent to an activating group) is 1. The third kappa shape index (κ3) is 2.41. The Kier molecular flexibility index (Phi) is 3.60. The predicted octanol–water partition coefficient (Wildman–Crippen LogP) is 2.12. The van der Waals surface area contributed by atoms with E-state index < -0.39 is 0 Å². The van der Waals surface area contributed by atoms with Gasteiger partial charge in [-0.1, -0.05) is 30.3 Å². The highest BCUT2D eigenvalue weighted by molar-refractivity contribution is 7.09. The Balaban J connectivity index is 1.56. The van der Waals surface area contributed by atoms with Gasteiger partial charge in [-0.2, -0.15) is 9.36 Å². The van der Waals surface area contributed by atoms with Gasteiger partial charge in [0.1, 0.15) is 0 Å². The zero-order chi connectivity index (χ0) is 15.0. The summed E-state index contributed by atoms with van der Waals surface area (Å²) >= 11 is 1.50. The first-order valence-corrected chi connectivity index (χ1v) is 8.47. The van der Waals surface area contributed by atoms with Gasteiger partial charge in [0.15, 0.2) is 5.82 Å². The number of ether oxygens (including phenoxy) is 1. The lowest BCUT2D eigenvalue weighted by Gasteiger charge is -2.46. The molecule has 0 amide bonds. The molecule has 2 aliphatic rings. The summed E-state index contributed by atoms with van der Waals surface area (Å²) in [6, 6.07) is 10.2. The molecule has 0 unspecified atom stereocenters. The van der Waals surface area contributed by atoms with Crippen LogP contribution >= 0.6 is 11.5 Å². The lowest BCUT2D eigenvalue weighted by atomic mass is 9.94. The molecule has 1 atom stereocenters. The zero-order valence-corrected chi connectivity index (χ0v) is 13.6. The molecule has 2 aliphatic heterocycles. The molecule has 0 radical (unpaired) electrons. The van der Waals surface area contributed by atoms with Crippen LogP contribution in [-0.4, -0.2) is 59.7 Å². The van der Waals surface area contributed by atoms with Crippen LogP contribution in [0.5, 0.6) is 0 Å². The number of hydrogen-bond donors (Lipinski definition) is 0. The zero-order valence-electron chi connectivity index (χ0n) is 12.7. The van der Waals surface area contributed by atoms with E-state index in [0.717, 1.165) is 55.8 Å². The van der Waals surface area contributed by atoms with Crippen LogP contribution in [0.25, 0.3) is 11.4 Å². The van der Waals surface area contributed by atoms with Gasteiger partial charge in [0.05, 0.1) is 12.1 Å². The normalized spacial score (nSPS) is 26.0. The van der Waals surface area contributed by atoms with E-state index in [2.05, 4.69) is 33.4 Å². The number of anilines is 1. The highest BCUT2D eigenvalue weighted by Gasteiger charge is 2.43. The van der Waals surface area contributed by atoms with Crippen molar-refractivity contribution in [2.45, 2.75) is 12.0 Å².